The van der Waals surface area contributed by atoms with E-state index in [1.807, 2.05) is 0 Å². The molecule has 15 heavy (non-hydrogen) atoms. The summed E-state index contributed by atoms with van der Waals surface area (Å²) >= 11 is 0. The molecule has 1 aliphatic heterocycles. The van der Waals surface area contributed by atoms with Gasteiger partial charge in [-0.2, -0.15) is 0 Å². The minimum atomic E-state index is 0.856. The Morgan fingerprint density at radius 2 is 1.87 bits per heavy atom. The van der Waals surface area contributed by atoms with Gasteiger partial charge in [0.25, 0.3) is 0 Å². The van der Waals surface area contributed by atoms with Crippen molar-refractivity contribution >= 4 is 5.57 Å². The van der Waals surface area contributed by atoms with Crippen molar-refractivity contribution in [2.24, 2.45) is 0 Å². The second-order valence-corrected chi connectivity index (χ2v) is 4.61. The Labute approximate surface area is 91.2 Å². The SMILES string of the molecule is C1=C(c2ccc(C3CCC3)cc2)CNC1. The molecule has 1 heteroatoms. The van der Waals surface area contributed by atoms with E-state index in [1.165, 1.54) is 36.0 Å². The molecule has 2 aliphatic rings. The summed E-state index contributed by atoms with van der Waals surface area (Å²) in [4.78, 5) is 0. The third-order valence-corrected chi connectivity index (χ3v) is 3.67. The van der Waals surface area contributed by atoms with Gasteiger partial charge in [0.05, 0.1) is 0 Å². The van der Waals surface area contributed by atoms with Gasteiger partial charge in [-0.25, -0.2) is 0 Å². The van der Waals surface area contributed by atoms with Gasteiger partial charge in [0.2, 0.25) is 0 Å². The Morgan fingerprint density at radius 3 is 2.40 bits per heavy atom. The summed E-state index contributed by atoms with van der Waals surface area (Å²) in [5.41, 5.74) is 4.38. The quantitative estimate of drug-likeness (QED) is 0.772. The van der Waals surface area contributed by atoms with Gasteiger partial charge >= 0.3 is 0 Å². The first-order valence-electron chi connectivity index (χ1n) is 5.93. The van der Waals surface area contributed by atoms with Crippen molar-refractivity contribution < 1.29 is 0 Å². The first-order valence-corrected chi connectivity index (χ1v) is 5.93. The van der Waals surface area contributed by atoms with Crippen LogP contribution in [0.15, 0.2) is 30.3 Å². The van der Waals surface area contributed by atoms with E-state index in [4.69, 9.17) is 0 Å². The molecule has 1 saturated carbocycles. The lowest BCUT2D eigenvalue weighted by atomic mass is 9.80. The van der Waals surface area contributed by atoms with Crippen molar-refractivity contribution in [3.63, 3.8) is 0 Å². The molecule has 0 spiro atoms. The smallest absolute Gasteiger partial charge is 0.0211 e. The molecule has 78 valence electrons. The van der Waals surface area contributed by atoms with Crippen molar-refractivity contribution in [2.45, 2.75) is 25.2 Å². The van der Waals surface area contributed by atoms with E-state index < -0.39 is 0 Å². The maximum absolute atomic E-state index is 3.34. The molecule has 1 heterocycles. The van der Waals surface area contributed by atoms with Crippen molar-refractivity contribution in [3.8, 4) is 0 Å². The van der Waals surface area contributed by atoms with Crippen LogP contribution in [0.3, 0.4) is 0 Å². The maximum Gasteiger partial charge on any atom is 0.0211 e. The summed E-state index contributed by atoms with van der Waals surface area (Å²) in [6, 6.07) is 9.20. The average Bonchev–Trinajstić information content (AvgIpc) is 2.69. The molecular formula is C14H17N. The molecule has 1 fully saturated rings. The molecule has 1 aromatic carbocycles. The number of rotatable bonds is 2. The fourth-order valence-electron chi connectivity index (χ4n) is 2.41. The Morgan fingerprint density at radius 1 is 1.07 bits per heavy atom. The van der Waals surface area contributed by atoms with Crippen LogP contribution in [0.2, 0.25) is 0 Å². The molecule has 1 aliphatic carbocycles. The number of benzene rings is 1. The van der Waals surface area contributed by atoms with E-state index >= 15 is 0 Å². The Bertz CT molecular complexity index is 371. The molecule has 0 unspecified atom stereocenters. The van der Waals surface area contributed by atoms with Crippen molar-refractivity contribution in [2.75, 3.05) is 13.1 Å². The molecule has 0 bridgehead atoms. The first kappa shape index (κ1) is 9.17. The summed E-state index contributed by atoms with van der Waals surface area (Å²) in [5.74, 6) is 0.856. The largest absolute Gasteiger partial charge is 0.309 e. The highest BCUT2D eigenvalue weighted by Crippen LogP contribution is 2.36. The fraction of sp³-hybridized carbons (Fsp3) is 0.429. The van der Waals surface area contributed by atoms with E-state index in [0.717, 1.165) is 19.0 Å². The average molecular weight is 199 g/mol. The molecule has 0 saturated heterocycles. The van der Waals surface area contributed by atoms with Crippen LogP contribution in [-0.4, -0.2) is 13.1 Å². The molecule has 0 atom stereocenters. The van der Waals surface area contributed by atoms with Crippen LogP contribution in [0.1, 0.15) is 36.3 Å². The van der Waals surface area contributed by atoms with Crippen LogP contribution >= 0.6 is 0 Å². The van der Waals surface area contributed by atoms with E-state index in [-0.39, 0.29) is 0 Å². The van der Waals surface area contributed by atoms with Crippen LogP contribution in [-0.2, 0) is 0 Å². The third-order valence-electron chi connectivity index (χ3n) is 3.67. The highest BCUT2D eigenvalue weighted by Gasteiger charge is 2.19. The van der Waals surface area contributed by atoms with E-state index in [2.05, 4.69) is 35.7 Å². The van der Waals surface area contributed by atoms with Gasteiger partial charge in [0.1, 0.15) is 0 Å². The normalized spacial score (nSPS) is 21.2. The van der Waals surface area contributed by atoms with E-state index in [0.29, 0.717) is 0 Å². The Hall–Kier alpha value is -1.08. The zero-order valence-corrected chi connectivity index (χ0v) is 9.00. The Kier molecular flexibility index (Phi) is 2.34. The van der Waals surface area contributed by atoms with Crippen LogP contribution in [0.25, 0.3) is 5.57 Å². The van der Waals surface area contributed by atoms with Crippen molar-refractivity contribution in [3.05, 3.63) is 41.5 Å². The third kappa shape index (κ3) is 1.72. The summed E-state index contributed by atoms with van der Waals surface area (Å²) in [6.45, 7) is 2.06. The van der Waals surface area contributed by atoms with Gasteiger partial charge in [0.15, 0.2) is 0 Å². The lowest BCUT2D eigenvalue weighted by molar-refractivity contribution is 0.420. The predicted octanol–water partition coefficient (Wildman–Crippen LogP) is 2.94. The van der Waals surface area contributed by atoms with Crippen LogP contribution in [0.4, 0.5) is 0 Å². The summed E-state index contributed by atoms with van der Waals surface area (Å²) in [5, 5.41) is 3.34. The molecule has 1 N–H and O–H groups in total. The maximum atomic E-state index is 3.34. The second kappa shape index (κ2) is 3.82. The summed E-state index contributed by atoms with van der Waals surface area (Å²) in [7, 11) is 0. The molecule has 0 amide bonds. The van der Waals surface area contributed by atoms with Gasteiger partial charge in [-0.1, -0.05) is 36.8 Å². The number of nitrogens with one attached hydrogen (secondary N) is 1. The van der Waals surface area contributed by atoms with Gasteiger partial charge in [-0.15, -0.1) is 0 Å². The summed E-state index contributed by atoms with van der Waals surface area (Å²) < 4.78 is 0. The number of hydrogen-bond donors (Lipinski definition) is 1. The molecule has 1 nitrogen and oxygen atoms in total. The summed E-state index contributed by atoms with van der Waals surface area (Å²) in [6.07, 6.45) is 6.49. The standard InChI is InChI=1S/C14H17N/c1-2-11(3-1)12-4-6-13(7-5-12)14-8-9-15-10-14/h4-8,11,15H,1-3,9-10H2. The van der Waals surface area contributed by atoms with Crippen LogP contribution in [0.5, 0.6) is 0 Å². The Balaban J connectivity index is 1.80. The number of hydrogen-bond acceptors (Lipinski definition) is 1. The van der Waals surface area contributed by atoms with Crippen molar-refractivity contribution in [1.29, 1.82) is 0 Å². The first-order chi connectivity index (χ1) is 7.43. The molecular weight excluding hydrogens is 182 g/mol. The lowest BCUT2D eigenvalue weighted by Gasteiger charge is -2.25. The topological polar surface area (TPSA) is 12.0 Å². The minimum Gasteiger partial charge on any atom is -0.309 e. The lowest BCUT2D eigenvalue weighted by Crippen LogP contribution is -2.09. The highest BCUT2D eigenvalue weighted by molar-refractivity contribution is 5.69. The van der Waals surface area contributed by atoms with Crippen LogP contribution < -0.4 is 5.32 Å². The minimum absolute atomic E-state index is 0.856. The fourth-order valence-corrected chi connectivity index (χ4v) is 2.41. The van der Waals surface area contributed by atoms with E-state index in [1.54, 1.807) is 0 Å². The van der Waals surface area contributed by atoms with Crippen molar-refractivity contribution in [1.82, 2.24) is 5.32 Å². The molecule has 0 radical (unpaired) electrons. The van der Waals surface area contributed by atoms with E-state index in [9.17, 15) is 0 Å². The highest BCUT2D eigenvalue weighted by atomic mass is 14.9. The molecule has 0 aromatic heterocycles. The molecule has 3 rings (SSSR count). The molecule has 1 aromatic rings. The van der Waals surface area contributed by atoms with Gasteiger partial charge in [-0.05, 0) is 35.5 Å². The van der Waals surface area contributed by atoms with Gasteiger partial charge in [-0.3, -0.25) is 0 Å². The predicted molar refractivity (Wildman–Crippen MR) is 63.9 cm³/mol. The van der Waals surface area contributed by atoms with Gasteiger partial charge < -0.3 is 5.32 Å². The monoisotopic (exact) mass is 199 g/mol. The second-order valence-electron chi connectivity index (χ2n) is 4.61. The van der Waals surface area contributed by atoms with Crippen LogP contribution in [0, 0.1) is 0 Å². The zero-order chi connectivity index (χ0) is 10.1. The zero-order valence-electron chi connectivity index (χ0n) is 9.00. The van der Waals surface area contributed by atoms with Gasteiger partial charge in [0, 0.05) is 13.1 Å².